The molecule has 1 heterocycles. The van der Waals surface area contributed by atoms with Gasteiger partial charge >= 0.3 is 0 Å². The molecule has 1 fully saturated rings. The molecular weight excluding hydrogens is 188 g/mol. The molecule has 0 radical (unpaired) electrons. The Kier molecular flexibility index (Phi) is 2.61. The fourth-order valence-electron chi connectivity index (χ4n) is 1.94. The van der Waals surface area contributed by atoms with Crippen LogP contribution in [0.2, 0.25) is 0 Å². The smallest absolute Gasteiger partial charge is 0.0613 e. The molecule has 1 aliphatic carbocycles. The number of aliphatic hydroxyl groups excluding tert-OH is 1. The number of aliphatic hydroxyl groups is 1. The average Bonchev–Trinajstić information content (AvgIpc) is 2.97. The highest BCUT2D eigenvalue weighted by Crippen LogP contribution is 2.35. The van der Waals surface area contributed by atoms with Crippen LogP contribution in [0.3, 0.4) is 0 Å². The van der Waals surface area contributed by atoms with E-state index in [1.807, 2.05) is 0 Å². The monoisotopic (exact) mass is 208 g/mol. The molecule has 0 aliphatic heterocycles. The van der Waals surface area contributed by atoms with Gasteiger partial charge in [-0.1, -0.05) is 0 Å². The molecule has 0 amide bonds. The lowest BCUT2D eigenvalue weighted by atomic mass is 10.2. The Morgan fingerprint density at radius 3 is 2.53 bits per heavy atom. The van der Waals surface area contributed by atoms with Crippen LogP contribution in [-0.2, 0) is 13.6 Å². The molecule has 0 unspecified atom stereocenters. The zero-order chi connectivity index (χ0) is 11.1. The van der Waals surface area contributed by atoms with E-state index in [2.05, 4.69) is 36.8 Å². The summed E-state index contributed by atoms with van der Waals surface area (Å²) in [5.74, 6) is 0. The lowest BCUT2D eigenvalue weighted by Gasteiger charge is -2.13. The van der Waals surface area contributed by atoms with Crippen LogP contribution in [0.4, 0.5) is 0 Å². The van der Waals surface area contributed by atoms with Crippen molar-refractivity contribution in [3.63, 3.8) is 0 Å². The minimum Gasteiger partial charge on any atom is -0.394 e. The van der Waals surface area contributed by atoms with Crippen LogP contribution >= 0.6 is 0 Å². The third-order valence-electron chi connectivity index (χ3n) is 3.69. The summed E-state index contributed by atoms with van der Waals surface area (Å²) in [7, 11) is 2.09. The van der Waals surface area contributed by atoms with Crippen LogP contribution in [0.15, 0.2) is 6.07 Å². The van der Waals surface area contributed by atoms with Gasteiger partial charge in [0.25, 0.3) is 0 Å². The largest absolute Gasteiger partial charge is 0.394 e. The number of rotatable bonds is 4. The molecule has 0 atom stereocenters. The van der Waals surface area contributed by atoms with Gasteiger partial charge in [-0.2, -0.15) is 0 Å². The van der Waals surface area contributed by atoms with E-state index in [-0.39, 0.29) is 12.1 Å². The molecule has 15 heavy (non-hydrogen) atoms. The minimum atomic E-state index is 0.0379. The van der Waals surface area contributed by atoms with Gasteiger partial charge in [0.15, 0.2) is 0 Å². The highest BCUT2D eigenvalue weighted by Gasteiger charge is 2.41. The average molecular weight is 208 g/mol. The summed E-state index contributed by atoms with van der Waals surface area (Å²) in [5, 5.41) is 12.7. The van der Waals surface area contributed by atoms with E-state index in [1.54, 1.807) is 0 Å². The Bertz CT molecular complexity index is 364. The Morgan fingerprint density at radius 1 is 1.47 bits per heavy atom. The first-order valence-electron chi connectivity index (χ1n) is 5.56. The highest BCUT2D eigenvalue weighted by molar-refractivity contribution is 5.26. The van der Waals surface area contributed by atoms with Crippen molar-refractivity contribution in [1.29, 1.82) is 0 Å². The van der Waals surface area contributed by atoms with Crippen molar-refractivity contribution in [2.45, 2.75) is 38.8 Å². The minimum absolute atomic E-state index is 0.0379. The summed E-state index contributed by atoms with van der Waals surface area (Å²) in [5.41, 5.74) is 3.98. The van der Waals surface area contributed by atoms with Gasteiger partial charge in [-0.25, -0.2) is 0 Å². The molecule has 84 valence electrons. The molecule has 1 aliphatic rings. The normalized spacial score (nSPS) is 18.1. The van der Waals surface area contributed by atoms with E-state index < -0.39 is 0 Å². The van der Waals surface area contributed by atoms with Crippen LogP contribution in [-0.4, -0.2) is 21.8 Å². The van der Waals surface area contributed by atoms with Crippen molar-refractivity contribution in [3.8, 4) is 0 Å². The van der Waals surface area contributed by atoms with Gasteiger partial charge in [0.2, 0.25) is 0 Å². The van der Waals surface area contributed by atoms with Crippen molar-refractivity contribution in [1.82, 2.24) is 9.88 Å². The van der Waals surface area contributed by atoms with E-state index in [0.29, 0.717) is 0 Å². The van der Waals surface area contributed by atoms with Crippen LogP contribution < -0.4 is 5.32 Å². The quantitative estimate of drug-likeness (QED) is 0.781. The fraction of sp³-hybridized carbons (Fsp3) is 0.667. The molecule has 1 aromatic heterocycles. The highest BCUT2D eigenvalue weighted by atomic mass is 16.3. The third kappa shape index (κ3) is 1.94. The zero-order valence-electron chi connectivity index (χ0n) is 9.80. The molecule has 0 spiro atoms. The topological polar surface area (TPSA) is 37.2 Å². The van der Waals surface area contributed by atoms with Gasteiger partial charge in [0, 0.05) is 30.5 Å². The predicted octanol–water partition coefficient (Wildman–Crippen LogP) is 1.26. The molecule has 0 bridgehead atoms. The van der Waals surface area contributed by atoms with E-state index >= 15 is 0 Å². The molecule has 1 aromatic rings. The second-order valence-corrected chi connectivity index (χ2v) is 4.75. The van der Waals surface area contributed by atoms with E-state index in [1.165, 1.54) is 17.0 Å². The maximum Gasteiger partial charge on any atom is 0.0613 e. The van der Waals surface area contributed by atoms with Crippen LogP contribution in [0.1, 0.15) is 29.8 Å². The first-order valence-corrected chi connectivity index (χ1v) is 5.56. The van der Waals surface area contributed by atoms with Gasteiger partial charge in [-0.15, -0.1) is 0 Å². The molecule has 2 N–H and O–H groups in total. The van der Waals surface area contributed by atoms with E-state index in [4.69, 9.17) is 0 Å². The Morgan fingerprint density at radius 2 is 2.13 bits per heavy atom. The summed E-state index contributed by atoms with van der Waals surface area (Å²) in [4.78, 5) is 0. The summed E-state index contributed by atoms with van der Waals surface area (Å²) in [6.07, 6.45) is 2.21. The van der Waals surface area contributed by atoms with E-state index in [0.717, 1.165) is 19.4 Å². The molecular formula is C12H20N2O. The van der Waals surface area contributed by atoms with Gasteiger partial charge in [-0.3, -0.25) is 0 Å². The Labute approximate surface area is 91.1 Å². The number of aromatic nitrogens is 1. The van der Waals surface area contributed by atoms with Crippen molar-refractivity contribution in [3.05, 3.63) is 23.0 Å². The standard InChI is InChI=1S/C12H20N2O/c1-9-6-11(10(2)14(9)3)7-13-12(8-15)4-5-12/h6,13,15H,4-5,7-8H2,1-3H3. The van der Waals surface area contributed by atoms with E-state index in [9.17, 15) is 5.11 Å². The second-order valence-electron chi connectivity index (χ2n) is 4.75. The second kappa shape index (κ2) is 3.65. The van der Waals surface area contributed by atoms with Crippen molar-refractivity contribution >= 4 is 0 Å². The maximum atomic E-state index is 9.20. The summed E-state index contributed by atoms with van der Waals surface area (Å²) >= 11 is 0. The summed E-state index contributed by atoms with van der Waals surface area (Å²) < 4.78 is 2.20. The van der Waals surface area contributed by atoms with Crippen molar-refractivity contribution < 1.29 is 5.11 Å². The van der Waals surface area contributed by atoms with Gasteiger partial charge in [0.1, 0.15) is 0 Å². The predicted molar refractivity (Wildman–Crippen MR) is 60.8 cm³/mol. The number of hydrogen-bond acceptors (Lipinski definition) is 2. The maximum absolute atomic E-state index is 9.20. The van der Waals surface area contributed by atoms with Crippen LogP contribution in [0, 0.1) is 13.8 Å². The first-order chi connectivity index (χ1) is 7.08. The number of hydrogen-bond donors (Lipinski definition) is 2. The van der Waals surface area contributed by atoms with Crippen molar-refractivity contribution in [2.75, 3.05) is 6.61 Å². The third-order valence-corrected chi connectivity index (χ3v) is 3.69. The molecule has 3 nitrogen and oxygen atoms in total. The van der Waals surface area contributed by atoms with Crippen LogP contribution in [0.25, 0.3) is 0 Å². The van der Waals surface area contributed by atoms with Crippen LogP contribution in [0.5, 0.6) is 0 Å². The zero-order valence-corrected chi connectivity index (χ0v) is 9.80. The molecule has 2 rings (SSSR count). The Balaban J connectivity index is 2.02. The fourth-order valence-corrected chi connectivity index (χ4v) is 1.94. The van der Waals surface area contributed by atoms with Gasteiger partial charge in [0.05, 0.1) is 6.61 Å². The number of nitrogens with one attached hydrogen (secondary N) is 1. The summed E-state index contributed by atoms with van der Waals surface area (Å²) in [6, 6.07) is 2.22. The molecule has 3 heteroatoms. The lowest BCUT2D eigenvalue weighted by molar-refractivity contribution is 0.229. The SMILES string of the molecule is Cc1cc(CNC2(CO)CC2)c(C)n1C. The Hall–Kier alpha value is -0.800. The first kappa shape index (κ1) is 10.7. The van der Waals surface area contributed by atoms with Crippen molar-refractivity contribution in [2.24, 2.45) is 7.05 Å². The number of nitrogens with zero attached hydrogens (tertiary/aromatic N) is 1. The summed E-state index contributed by atoms with van der Waals surface area (Å²) in [6.45, 7) is 5.39. The molecule has 0 saturated heterocycles. The number of aryl methyl sites for hydroxylation is 1. The molecule has 1 saturated carbocycles. The molecule has 0 aromatic carbocycles. The lowest BCUT2D eigenvalue weighted by Crippen LogP contribution is -2.34. The van der Waals surface area contributed by atoms with Gasteiger partial charge in [-0.05, 0) is 38.3 Å². The van der Waals surface area contributed by atoms with Gasteiger partial charge < -0.3 is 15.0 Å².